The van der Waals surface area contributed by atoms with Gasteiger partial charge in [0.2, 0.25) is 0 Å². The standard InChI is InChI=1S/C32H36N2O5/c1-4-21-38-25-17-15-23(16-18-25)30(35)28-29(34(32(37)31(28)36)20-19-33(5-2)6-3)24-11-10-14-27(22-24)39-26-12-8-7-9-13-26/h7-18,22,29,35H,4-6,19-21H2,1-3H3/b30-28+. The fraction of sp³-hybridized carbons (Fsp3) is 0.312. The molecular formula is C32H36N2O5. The van der Waals surface area contributed by atoms with Crippen LogP contribution in [0, 0.1) is 0 Å². The molecule has 3 aromatic carbocycles. The Kier molecular flexibility index (Phi) is 9.39. The van der Waals surface area contributed by atoms with Crippen LogP contribution in [-0.2, 0) is 9.59 Å². The lowest BCUT2D eigenvalue weighted by molar-refractivity contribution is -0.140. The first kappa shape index (κ1) is 27.9. The Morgan fingerprint density at radius 3 is 2.23 bits per heavy atom. The number of carbonyl (C=O) groups excluding carboxylic acids is 2. The lowest BCUT2D eigenvalue weighted by Crippen LogP contribution is -2.38. The van der Waals surface area contributed by atoms with E-state index < -0.39 is 17.7 Å². The second kappa shape index (κ2) is 13.1. The van der Waals surface area contributed by atoms with Crippen molar-refractivity contribution < 1.29 is 24.2 Å². The number of likely N-dealkylation sites (N-methyl/N-ethyl adjacent to an activating group) is 1. The zero-order valence-corrected chi connectivity index (χ0v) is 22.8. The molecule has 1 heterocycles. The largest absolute Gasteiger partial charge is 0.507 e. The minimum atomic E-state index is -0.754. The van der Waals surface area contributed by atoms with Crippen molar-refractivity contribution in [3.63, 3.8) is 0 Å². The molecule has 0 spiro atoms. The van der Waals surface area contributed by atoms with E-state index in [0.717, 1.165) is 19.5 Å². The average Bonchev–Trinajstić information content (AvgIpc) is 3.22. The fourth-order valence-electron chi connectivity index (χ4n) is 4.70. The number of Topliss-reactive ketones (excluding diaryl/α,β-unsaturated/α-hetero) is 1. The van der Waals surface area contributed by atoms with Gasteiger partial charge in [-0.1, -0.05) is 51.1 Å². The van der Waals surface area contributed by atoms with Crippen LogP contribution < -0.4 is 9.47 Å². The van der Waals surface area contributed by atoms with Gasteiger partial charge in [-0.15, -0.1) is 0 Å². The van der Waals surface area contributed by atoms with Crippen molar-refractivity contribution in [1.82, 2.24) is 9.80 Å². The van der Waals surface area contributed by atoms with Crippen molar-refractivity contribution in [3.05, 3.63) is 95.6 Å². The van der Waals surface area contributed by atoms with Crippen LogP contribution in [0.3, 0.4) is 0 Å². The number of aliphatic hydroxyl groups excluding tert-OH is 1. The molecule has 1 aliphatic heterocycles. The summed E-state index contributed by atoms with van der Waals surface area (Å²) in [5, 5.41) is 11.4. The van der Waals surface area contributed by atoms with Gasteiger partial charge in [0.05, 0.1) is 18.2 Å². The highest BCUT2D eigenvalue weighted by molar-refractivity contribution is 6.46. The van der Waals surface area contributed by atoms with Crippen LogP contribution in [0.25, 0.3) is 5.76 Å². The highest BCUT2D eigenvalue weighted by Crippen LogP contribution is 2.40. The number of carbonyl (C=O) groups is 2. The molecule has 1 N–H and O–H groups in total. The predicted octanol–water partition coefficient (Wildman–Crippen LogP) is 6.03. The molecule has 1 aliphatic rings. The molecule has 0 bridgehead atoms. The van der Waals surface area contributed by atoms with Crippen LogP contribution in [-0.4, -0.2) is 59.4 Å². The summed E-state index contributed by atoms with van der Waals surface area (Å²) in [6.07, 6.45) is 0.881. The van der Waals surface area contributed by atoms with Crippen LogP contribution in [0.1, 0.15) is 44.4 Å². The van der Waals surface area contributed by atoms with E-state index in [1.54, 1.807) is 29.2 Å². The first-order valence-electron chi connectivity index (χ1n) is 13.5. The average molecular weight is 529 g/mol. The Morgan fingerprint density at radius 2 is 1.56 bits per heavy atom. The van der Waals surface area contributed by atoms with Gasteiger partial charge in [0.1, 0.15) is 23.0 Å². The van der Waals surface area contributed by atoms with Gasteiger partial charge < -0.3 is 24.4 Å². The van der Waals surface area contributed by atoms with E-state index >= 15 is 0 Å². The molecule has 204 valence electrons. The summed E-state index contributed by atoms with van der Waals surface area (Å²) in [4.78, 5) is 30.5. The first-order valence-corrected chi connectivity index (χ1v) is 13.5. The number of ether oxygens (including phenoxy) is 2. The summed E-state index contributed by atoms with van der Waals surface area (Å²) in [5.41, 5.74) is 1.20. The zero-order chi connectivity index (χ0) is 27.8. The molecule has 0 aliphatic carbocycles. The number of likely N-dealkylation sites (tertiary alicyclic amines) is 1. The number of hydrogen-bond acceptors (Lipinski definition) is 6. The lowest BCUT2D eigenvalue weighted by atomic mass is 9.95. The maximum atomic E-state index is 13.4. The zero-order valence-electron chi connectivity index (χ0n) is 22.8. The van der Waals surface area contributed by atoms with E-state index in [9.17, 15) is 14.7 Å². The molecule has 1 amide bonds. The van der Waals surface area contributed by atoms with Crippen LogP contribution >= 0.6 is 0 Å². The summed E-state index contributed by atoms with van der Waals surface area (Å²) >= 11 is 0. The number of nitrogens with zero attached hydrogens (tertiary/aromatic N) is 2. The molecule has 1 unspecified atom stereocenters. The van der Waals surface area contributed by atoms with Crippen LogP contribution in [0.2, 0.25) is 0 Å². The number of hydrogen-bond donors (Lipinski definition) is 1. The fourth-order valence-corrected chi connectivity index (χ4v) is 4.70. The van der Waals surface area contributed by atoms with Crippen molar-refractivity contribution in [2.45, 2.75) is 33.2 Å². The number of benzene rings is 3. The molecule has 1 fully saturated rings. The number of para-hydroxylation sites is 1. The van der Waals surface area contributed by atoms with Gasteiger partial charge >= 0.3 is 0 Å². The third kappa shape index (κ3) is 6.49. The number of amides is 1. The molecule has 4 rings (SSSR count). The Labute approximate surface area is 230 Å². The molecule has 7 heteroatoms. The second-order valence-corrected chi connectivity index (χ2v) is 9.38. The van der Waals surface area contributed by atoms with Crippen molar-refractivity contribution in [2.24, 2.45) is 0 Å². The maximum absolute atomic E-state index is 13.4. The van der Waals surface area contributed by atoms with E-state index in [4.69, 9.17) is 9.47 Å². The highest BCUT2D eigenvalue weighted by atomic mass is 16.5. The summed E-state index contributed by atoms with van der Waals surface area (Å²) in [6, 6.07) is 22.9. The van der Waals surface area contributed by atoms with E-state index in [0.29, 0.717) is 48.1 Å². The summed E-state index contributed by atoms with van der Waals surface area (Å²) in [7, 11) is 0. The van der Waals surface area contributed by atoms with Crippen molar-refractivity contribution >= 4 is 17.4 Å². The van der Waals surface area contributed by atoms with Crippen molar-refractivity contribution in [1.29, 1.82) is 0 Å². The molecule has 3 aromatic rings. The van der Waals surface area contributed by atoms with Gasteiger partial charge in [-0.05, 0) is 73.6 Å². The number of ketones is 1. The van der Waals surface area contributed by atoms with E-state index in [1.165, 1.54) is 0 Å². The SMILES string of the molecule is CCCOc1ccc(/C(O)=C2\C(=O)C(=O)N(CCN(CC)CC)C2c2cccc(Oc3ccccc3)c2)cc1. The smallest absolute Gasteiger partial charge is 0.295 e. The third-order valence-corrected chi connectivity index (χ3v) is 6.84. The highest BCUT2D eigenvalue weighted by Gasteiger charge is 2.46. The Morgan fingerprint density at radius 1 is 0.872 bits per heavy atom. The van der Waals surface area contributed by atoms with Gasteiger partial charge in [0, 0.05) is 18.7 Å². The van der Waals surface area contributed by atoms with E-state index in [-0.39, 0.29) is 11.3 Å². The number of rotatable bonds is 12. The molecular weight excluding hydrogens is 492 g/mol. The normalized spacial score (nSPS) is 16.6. The molecule has 7 nitrogen and oxygen atoms in total. The summed E-state index contributed by atoms with van der Waals surface area (Å²) < 4.78 is 11.7. The maximum Gasteiger partial charge on any atom is 0.295 e. The van der Waals surface area contributed by atoms with Crippen LogP contribution in [0.5, 0.6) is 17.2 Å². The Balaban J connectivity index is 1.74. The first-order chi connectivity index (χ1) is 19.0. The van der Waals surface area contributed by atoms with Gasteiger partial charge in [-0.2, -0.15) is 0 Å². The van der Waals surface area contributed by atoms with Crippen molar-refractivity contribution in [3.8, 4) is 17.2 Å². The second-order valence-electron chi connectivity index (χ2n) is 9.38. The Hall–Kier alpha value is -4.10. The molecule has 0 radical (unpaired) electrons. The molecule has 39 heavy (non-hydrogen) atoms. The van der Waals surface area contributed by atoms with Crippen LogP contribution in [0.4, 0.5) is 0 Å². The van der Waals surface area contributed by atoms with Gasteiger partial charge in [0.15, 0.2) is 0 Å². The summed E-state index contributed by atoms with van der Waals surface area (Å²) in [6.45, 7) is 9.36. The van der Waals surface area contributed by atoms with Gasteiger partial charge in [0.25, 0.3) is 11.7 Å². The molecule has 0 aromatic heterocycles. The topological polar surface area (TPSA) is 79.3 Å². The van der Waals surface area contributed by atoms with E-state index in [2.05, 4.69) is 18.7 Å². The quantitative estimate of drug-likeness (QED) is 0.176. The Bertz CT molecular complexity index is 1300. The van der Waals surface area contributed by atoms with Gasteiger partial charge in [-0.3, -0.25) is 9.59 Å². The monoisotopic (exact) mass is 528 g/mol. The predicted molar refractivity (Wildman–Crippen MR) is 152 cm³/mol. The molecule has 0 saturated carbocycles. The third-order valence-electron chi connectivity index (χ3n) is 6.84. The number of aliphatic hydroxyl groups is 1. The van der Waals surface area contributed by atoms with E-state index in [1.807, 2.05) is 61.5 Å². The minimum absolute atomic E-state index is 0.0682. The van der Waals surface area contributed by atoms with Crippen LogP contribution in [0.15, 0.2) is 84.4 Å². The van der Waals surface area contributed by atoms with Gasteiger partial charge in [-0.25, -0.2) is 0 Å². The minimum Gasteiger partial charge on any atom is -0.507 e. The lowest BCUT2D eigenvalue weighted by Gasteiger charge is -2.28. The molecule has 1 atom stereocenters. The molecule has 1 saturated heterocycles. The van der Waals surface area contributed by atoms with Crippen molar-refractivity contribution in [2.75, 3.05) is 32.8 Å². The summed E-state index contributed by atoms with van der Waals surface area (Å²) in [5.74, 6) is 0.403.